The highest BCUT2D eigenvalue weighted by Gasteiger charge is 2.46. The molecule has 41 heavy (non-hydrogen) atoms. The molecule has 9 nitrogen and oxygen atoms in total. The fourth-order valence-corrected chi connectivity index (χ4v) is 7.10. The summed E-state index contributed by atoms with van der Waals surface area (Å²) in [6.07, 6.45) is 8.22. The van der Waals surface area contributed by atoms with Gasteiger partial charge >= 0.3 is 6.01 Å². The molecule has 210 valence electrons. The van der Waals surface area contributed by atoms with Crippen LogP contribution in [0.5, 0.6) is 6.01 Å². The number of piperazine rings is 1. The maximum absolute atomic E-state index is 12.5. The summed E-state index contributed by atoms with van der Waals surface area (Å²) in [6, 6.07) is 11.4. The quantitative estimate of drug-likeness (QED) is 0.409. The van der Waals surface area contributed by atoms with Crippen LogP contribution < -0.4 is 9.64 Å². The number of rotatable bonds is 7. The van der Waals surface area contributed by atoms with Crippen molar-refractivity contribution in [2.75, 3.05) is 44.7 Å². The lowest BCUT2D eigenvalue weighted by Crippen LogP contribution is -2.55. The Morgan fingerprint density at radius 1 is 1.24 bits per heavy atom. The molecule has 4 atom stereocenters. The van der Waals surface area contributed by atoms with Crippen LogP contribution in [0.3, 0.4) is 0 Å². The molecule has 2 aromatic heterocycles. The molecule has 2 unspecified atom stereocenters. The van der Waals surface area contributed by atoms with Crippen molar-refractivity contribution in [2.45, 2.75) is 50.1 Å². The van der Waals surface area contributed by atoms with Crippen molar-refractivity contribution in [2.24, 2.45) is 5.92 Å². The second-order valence-electron chi connectivity index (χ2n) is 11.9. The molecule has 1 saturated carbocycles. The Labute approximate surface area is 240 Å². The summed E-state index contributed by atoms with van der Waals surface area (Å²) < 4.78 is 6.25. The number of fused-ring (bicyclic) bond motifs is 4. The van der Waals surface area contributed by atoms with Crippen molar-refractivity contribution in [3.8, 4) is 23.2 Å². The summed E-state index contributed by atoms with van der Waals surface area (Å²) in [5, 5.41) is 9.49. The molecule has 0 N–H and O–H groups in total. The number of benzene rings is 1. The normalized spacial score (nSPS) is 25.1. The van der Waals surface area contributed by atoms with E-state index in [1.807, 2.05) is 6.20 Å². The third kappa shape index (κ3) is 4.70. The van der Waals surface area contributed by atoms with Crippen molar-refractivity contribution in [1.29, 1.82) is 5.26 Å². The number of nitriles is 1. The third-order valence-electron chi connectivity index (χ3n) is 9.42. The molecule has 2 aliphatic carbocycles. The predicted molar refractivity (Wildman–Crippen MR) is 157 cm³/mol. The molecule has 2 saturated heterocycles. The Hall–Kier alpha value is -4.03. The summed E-state index contributed by atoms with van der Waals surface area (Å²) in [5.74, 6) is 2.01. The lowest BCUT2D eigenvalue weighted by atomic mass is 9.95. The van der Waals surface area contributed by atoms with E-state index < -0.39 is 0 Å². The Morgan fingerprint density at radius 3 is 2.95 bits per heavy atom. The number of hydrogen-bond acceptors (Lipinski definition) is 8. The van der Waals surface area contributed by atoms with Crippen LogP contribution in [0.2, 0.25) is 0 Å². The van der Waals surface area contributed by atoms with Gasteiger partial charge in [-0.1, -0.05) is 24.8 Å². The predicted octanol–water partition coefficient (Wildman–Crippen LogP) is 3.94. The van der Waals surface area contributed by atoms with Crippen LogP contribution in [0.4, 0.5) is 5.82 Å². The molecule has 7 rings (SSSR count). The molecule has 3 fully saturated rings. The molecular formula is C32H35N7O2. The molecule has 0 spiro atoms. The van der Waals surface area contributed by atoms with Gasteiger partial charge in [-0.05, 0) is 79.9 Å². The maximum Gasteiger partial charge on any atom is 0.319 e. The Kier molecular flexibility index (Phi) is 6.58. The van der Waals surface area contributed by atoms with Crippen molar-refractivity contribution in [1.82, 2.24) is 24.8 Å². The number of carbonyl (C=O) groups excluding carboxylic acids is 1. The van der Waals surface area contributed by atoms with Crippen molar-refractivity contribution >= 4 is 22.8 Å². The van der Waals surface area contributed by atoms with Crippen LogP contribution in [0.1, 0.15) is 42.7 Å². The Bertz CT molecular complexity index is 1570. The van der Waals surface area contributed by atoms with E-state index in [2.05, 4.69) is 53.8 Å². The van der Waals surface area contributed by atoms with E-state index in [0.29, 0.717) is 55.5 Å². The van der Waals surface area contributed by atoms with E-state index in [-0.39, 0.29) is 18.4 Å². The maximum atomic E-state index is 12.5. The van der Waals surface area contributed by atoms with E-state index in [1.165, 1.54) is 42.0 Å². The highest BCUT2D eigenvalue weighted by molar-refractivity contribution is 5.90. The SMILES string of the molecule is C=CC(=O)N1CCN(c2nc(OC[C@@H]3CCCN3C)nc3cc(-c4cccc5c4C4CC4C5)cnc23)C[C@@H]1CC#N. The molecule has 4 heterocycles. The monoisotopic (exact) mass is 549 g/mol. The highest BCUT2D eigenvalue weighted by atomic mass is 16.5. The minimum Gasteiger partial charge on any atom is -0.462 e. The molecule has 4 aliphatic rings. The van der Waals surface area contributed by atoms with E-state index >= 15 is 0 Å². The number of aromatic nitrogens is 3. The number of ether oxygens (including phenoxy) is 1. The van der Waals surface area contributed by atoms with Gasteiger partial charge in [-0.3, -0.25) is 9.78 Å². The number of pyridine rings is 1. The third-order valence-corrected chi connectivity index (χ3v) is 9.42. The van der Waals surface area contributed by atoms with Crippen LogP contribution >= 0.6 is 0 Å². The van der Waals surface area contributed by atoms with Crippen molar-refractivity contribution in [3.05, 3.63) is 54.2 Å². The van der Waals surface area contributed by atoms with Gasteiger partial charge in [0, 0.05) is 37.4 Å². The second kappa shape index (κ2) is 10.4. The largest absolute Gasteiger partial charge is 0.462 e. The van der Waals surface area contributed by atoms with E-state index in [0.717, 1.165) is 30.0 Å². The lowest BCUT2D eigenvalue weighted by molar-refractivity contribution is -0.128. The van der Waals surface area contributed by atoms with Crippen LogP contribution in [-0.2, 0) is 11.2 Å². The van der Waals surface area contributed by atoms with Gasteiger partial charge in [0.15, 0.2) is 5.82 Å². The summed E-state index contributed by atoms with van der Waals surface area (Å²) >= 11 is 0. The van der Waals surface area contributed by atoms with Gasteiger partial charge in [0.2, 0.25) is 5.91 Å². The first kappa shape index (κ1) is 25.9. The van der Waals surface area contributed by atoms with Crippen molar-refractivity contribution < 1.29 is 9.53 Å². The number of amides is 1. The average molecular weight is 550 g/mol. The Balaban J connectivity index is 1.26. The van der Waals surface area contributed by atoms with E-state index in [9.17, 15) is 10.1 Å². The molecule has 9 heteroatoms. The number of likely N-dealkylation sites (N-methyl/N-ethyl adjacent to an activating group) is 1. The summed E-state index contributed by atoms with van der Waals surface area (Å²) in [5.41, 5.74) is 6.71. The first-order valence-corrected chi connectivity index (χ1v) is 14.7. The minimum atomic E-state index is -0.265. The van der Waals surface area contributed by atoms with E-state index in [4.69, 9.17) is 19.7 Å². The van der Waals surface area contributed by atoms with Crippen LogP contribution in [0.25, 0.3) is 22.2 Å². The number of hydrogen-bond donors (Lipinski definition) is 0. The van der Waals surface area contributed by atoms with Crippen molar-refractivity contribution in [3.63, 3.8) is 0 Å². The van der Waals surface area contributed by atoms with E-state index in [1.54, 1.807) is 4.90 Å². The van der Waals surface area contributed by atoms with Crippen LogP contribution in [-0.4, -0.2) is 82.6 Å². The van der Waals surface area contributed by atoms with Gasteiger partial charge < -0.3 is 19.4 Å². The van der Waals surface area contributed by atoms with Gasteiger partial charge in [0.1, 0.15) is 12.1 Å². The summed E-state index contributed by atoms with van der Waals surface area (Å²) in [4.78, 5) is 33.4. The summed E-state index contributed by atoms with van der Waals surface area (Å²) in [7, 11) is 2.13. The fourth-order valence-electron chi connectivity index (χ4n) is 7.10. The number of anilines is 1. The van der Waals surface area contributed by atoms with Crippen LogP contribution in [0.15, 0.2) is 43.1 Å². The second-order valence-corrected chi connectivity index (χ2v) is 11.9. The zero-order valence-electron chi connectivity index (χ0n) is 23.5. The standard InChI is InChI=1S/C32H35N7O2/c1-3-28(40)39-13-12-38(18-23(39)9-10-33)31-30-27(35-32(36-31)41-19-24-7-5-11-37(24)2)16-22(17-34-30)25-8-4-6-20-14-21-15-26(21)29(20)25/h3-4,6,8,16-17,21,23-24,26H,1,5,7,9,11-15,18-19H2,2H3/t21?,23-,24-,26?/m0/s1. The van der Waals surface area contributed by atoms with Gasteiger partial charge in [0.05, 0.1) is 24.0 Å². The smallest absolute Gasteiger partial charge is 0.319 e. The first-order valence-electron chi connectivity index (χ1n) is 14.7. The number of likely N-dealkylation sites (tertiary alicyclic amines) is 1. The molecule has 0 bridgehead atoms. The van der Waals surface area contributed by atoms with Gasteiger partial charge in [-0.25, -0.2) is 0 Å². The Morgan fingerprint density at radius 2 is 2.15 bits per heavy atom. The number of carbonyl (C=O) groups is 1. The molecule has 3 aromatic rings. The van der Waals surface area contributed by atoms with Gasteiger partial charge in [-0.15, -0.1) is 0 Å². The zero-order chi connectivity index (χ0) is 28.1. The molecular weight excluding hydrogens is 514 g/mol. The number of nitrogens with zero attached hydrogens (tertiary/aromatic N) is 7. The fraction of sp³-hybridized carbons (Fsp3) is 0.469. The first-order chi connectivity index (χ1) is 20.0. The molecule has 0 radical (unpaired) electrons. The van der Waals surface area contributed by atoms with Gasteiger partial charge in [0.25, 0.3) is 0 Å². The topological polar surface area (TPSA) is 98.5 Å². The summed E-state index contributed by atoms with van der Waals surface area (Å²) in [6.45, 7) is 6.76. The van der Waals surface area contributed by atoms with Crippen LogP contribution in [0, 0.1) is 17.2 Å². The van der Waals surface area contributed by atoms with Gasteiger partial charge in [-0.2, -0.15) is 15.2 Å². The molecule has 2 aliphatic heterocycles. The highest BCUT2D eigenvalue weighted by Crippen LogP contribution is 2.58. The minimum absolute atomic E-state index is 0.154. The average Bonchev–Trinajstić information content (AvgIpc) is 3.47. The lowest BCUT2D eigenvalue weighted by Gasteiger charge is -2.40. The molecule has 1 aromatic carbocycles. The zero-order valence-corrected chi connectivity index (χ0v) is 23.5. The molecule has 1 amide bonds.